The maximum atomic E-state index is 12.2. The molecule has 1 atom stereocenters. The number of hydrogen-bond acceptors (Lipinski definition) is 7. The molecule has 3 N–H and O–H groups in total. The molecule has 1 aliphatic carbocycles. The number of carbonyl (C=O) groups excluding carboxylic acids is 2. The minimum atomic E-state index is -1.13. The van der Waals surface area contributed by atoms with Crippen molar-refractivity contribution in [1.29, 1.82) is 0 Å². The Hall–Kier alpha value is -2.88. The molecular weight excluding hydrogens is 452 g/mol. The molecule has 1 saturated carbocycles. The van der Waals surface area contributed by atoms with Crippen molar-refractivity contribution in [2.24, 2.45) is 5.92 Å². The molecule has 1 aromatic heterocycles. The molecule has 0 aromatic carbocycles. The molecule has 1 saturated heterocycles. The van der Waals surface area contributed by atoms with Gasteiger partial charge in [0.15, 0.2) is 0 Å². The standard InChI is InChI=1S/C25H36N4O6/c1-16(30)29-14-25(2,15-29)35-24(33)28-21(23(31)32)9-11-34-20-12-17(13-20)5-7-19-8-6-18-4-3-10-26-22(18)27-19/h6,8,17,20-21H,3-5,7,9-15H2,1-2H3,(H,26,27)(H,28,33)(H,31,32)/t17-,20-,21-/m0/s1. The molecular formula is C25H36N4O6. The average Bonchev–Trinajstić information content (AvgIpc) is 2.77. The third kappa shape index (κ3) is 6.62. The molecule has 2 amide bonds. The summed E-state index contributed by atoms with van der Waals surface area (Å²) in [5.74, 6) is 0.409. The number of nitrogens with one attached hydrogen (secondary N) is 2. The SMILES string of the molecule is CC(=O)N1CC(C)(OC(=O)N[C@@H](CCO[C@H]2C[C@H](CCc3ccc4c(n3)NCCC4)C2)C(=O)O)C1. The van der Waals surface area contributed by atoms with Crippen LogP contribution in [0.15, 0.2) is 12.1 Å². The number of pyridine rings is 1. The van der Waals surface area contributed by atoms with Gasteiger partial charge in [-0.25, -0.2) is 14.6 Å². The van der Waals surface area contributed by atoms with Crippen LogP contribution in [0.25, 0.3) is 0 Å². The number of aryl methyl sites for hydroxylation is 2. The van der Waals surface area contributed by atoms with Crippen molar-refractivity contribution in [2.75, 3.05) is 31.6 Å². The number of amides is 2. The number of carboxylic acids is 1. The van der Waals surface area contributed by atoms with Gasteiger partial charge in [-0.15, -0.1) is 0 Å². The number of aromatic nitrogens is 1. The second kappa shape index (κ2) is 10.8. The van der Waals surface area contributed by atoms with Crippen molar-refractivity contribution < 1.29 is 29.0 Å². The van der Waals surface area contributed by atoms with Gasteiger partial charge < -0.3 is 30.1 Å². The predicted octanol–water partition coefficient (Wildman–Crippen LogP) is 2.36. The van der Waals surface area contributed by atoms with Gasteiger partial charge in [-0.2, -0.15) is 0 Å². The smallest absolute Gasteiger partial charge is 0.408 e. The van der Waals surface area contributed by atoms with Crippen LogP contribution < -0.4 is 10.6 Å². The maximum Gasteiger partial charge on any atom is 0.408 e. The van der Waals surface area contributed by atoms with Gasteiger partial charge in [0, 0.05) is 32.2 Å². The van der Waals surface area contributed by atoms with Crippen LogP contribution in [0.2, 0.25) is 0 Å². The first-order valence-corrected chi connectivity index (χ1v) is 12.5. The molecule has 2 aliphatic heterocycles. The van der Waals surface area contributed by atoms with Crippen molar-refractivity contribution in [1.82, 2.24) is 15.2 Å². The fourth-order valence-electron chi connectivity index (χ4n) is 4.96. The molecule has 0 unspecified atom stereocenters. The van der Waals surface area contributed by atoms with Crippen LogP contribution in [-0.4, -0.2) is 76.9 Å². The zero-order valence-corrected chi connectivity index (χ0v) is 20.5. The molecule has 192 valence electrons. The van der Waals surface area contributed by atoms with Gasteiger partial charge in [0.25, 0.3) is 0 Å². The van der Waals surface area contributed by atoms with Crippen molar-refractivity contribution >= 4 is 23.8 Å². The van der Waals surface area contributed by atoms with E-state index in [1.54, 1.807) is 11.8 Å². The third-order valence-corrected chi connectivity index (χ3v) is 7.14. The Bertz CT molecular complexity index is 942. The summed E-state index contributed by atoms with van der Waals surface area (Å²) in [4.78, 5) is 41.3. The number of carbonyl (C=O) groups is 3. The molecule has 0 spiro atoms. The summed E-state index contributed by atoms with van der Waals surface area (Å²) < 4.78 is 11.2. The van der Waals surface area contributed by atoms with Crippen molar-refractivity contribution in [3.05, 3.63) is 23.4 Å². The van der Waals surface area contributed by atoms with Gasteiger partial charge >= 0.3 is 12.1 Å². The monoisotopic (exact) mass is 488 g/mol. The fraction of sp³-hybridized carbons (Fsp3) is 0.680. The fourth-order valence-corrected chi connectivity index (χ4v) is 4.96. The van der Waals surface area contributed by atoms with E-state index in [1.807, 2.05) is 0 Å². The van der Waals surface area contributed by atoms with E-state index < -0.39 is 23.7 Å². The lowest BCUT2D eigenvalue weighted by molar-refractivity contribution is -0.150. The van der Waals surface area contributed by atoms with E-state index in [0.29, 0.717) is 19.0 Å². The Morgan fingerprint density at radius 3 is 2.80 bits per heavy atom. The lowest BCUT2D eigenvalue weighted by atomic mass is 9.79. The Morgan fingerprint density at radius 1 is 1.31 bits per heavy atom. The zero-order chi connectivity index (χ0) is 25.0. The summed E-state index contributed by atoms with van der Waals surface area (Å²) in [6.45, 7) is 5.02. The number of anilines is 1. The van der Waals surface area contributed by atoms with Crippen LogP contribution in [0.3, 0.4) is 0 Å². The summed E-state index contributed by atoms with van der Waals surface area (Å²) in [6.07, 6.45) is 5.68. The summed E-state index contributed by atoms with van der Waals surface area (Å²) in [5, 5.41) is 15.2. The van der Waals surface area contributed by atoms with E-state index in [2.05, 4.69) is 22.8 Å². The number of fused-ring (bicyclic) bond motifs is 1. The van der Waals surface area contributed by atoms with Gasteiger partial charge in [-0.3, -0.25) is 4.79 Å². The summed E-state index contributed by atoms with van der Waals surface area (Å²) in [6, 6.07) is 3.23. The van der Waals surface area contributed by atoms with Crippen LogP contribution in [-0.2, 0) is 31.9 Å². The normalized spacial score (nSPS) is 23.1. The van der Waals surface area contributed by atoms with Gasteiger partial charge in [-0.05, 0) is 63.0 Å². The zero-order valence-electron chi connectivity index (χ0n) is 20.5. The molecule has 3 heterocycles. The number of rotatable bonds is 10. The summed E-state index contributed by atoms with van der Waals surface area (Å²) >= 11 is 0. The number of aliphatic carboxylic acids is 1. The van der Waals surface area contributed by atoms with Crippen LogP contribution >= 0.6 is 0 Å². The molecule has 10 nitrogen and oxygen atoms in total. The van der Waals surface area contributed by atoms with Crippen LogP contribution in [0.4, 0.5) is 10.6 Å². The van der Waals surface area contributed by atoms with Gasteiger partial charge in [-0.1, -0.05) is 6.07 Å². The maximum absolute atomic E-state index is 12.2. The van der Waals surface area contributed by atoms with E-state index >= 15 is 0 Å². The number of nitrogens with zero attached hydrogens (tertiary/aromatic N) is 2. The molecule has 35 heavy (non-hydrogen) atoms. The molecule has 3 aliphatic rings. The lowest BCUT2D eigenvalue weighted by Gasteiger charge is -2.46. The Morgan fingerprint density at radius 2 is 2.09 bits per heavy atom. The Balaban J connectivity index is 1.10. The first kappa shape index (κ1) is 25.2. The molecule has 10 heteroatoms. The Kier molecular flexibility index (Phi) is 7.78. The van der Waals surface area contributed by atoms with Gasteiger partial charge in [0.1, 0.15) is 17.5 Å². The second-order valence-electron chi connectivity index (χ2n) is 10.2. The highest BCUT2D eigenvalue weighted by Gasteiger charge is 2.44. The minimum absolute atomic E-state index is 0.0853. The number of alkyl carbamates (subject to hydrolysis) is 1. The first-order valence-electron chi connectivity index (χ1n) is 12.5. The molecule has 2 fully saturated rings. The van der Waals surface area contributed by atoms with Gasteiger partial charge in [0.05, 0.1) is 19.2 Å². The van der Waals surface area contributed by atoms with E-state index in [1.165, 1.54) is 12.5 Å². The van der Waals surface area contributed by atoms with E-state index in [0.717, 1.165) is 56.6 Å². The third-order valence-electron chi connectivity index (χ3n) is 7.14. The highest BCUT2D eigenvalue weighted by Crippen LogP contribution is 2.34. The number of hydrogen-bond donors (Lipinski definition) is 3. The lowest BCUT2D eigenvalue weighted by Crippen LogP contribution is -2.64. The average molecular weight is 489 g/mol. The van der Waals surface area contributed by atoms with Crippen molar-refractivity contribution in [2.45, 2.75) is 76.5 Å². The predicted molar refractivity (Wildman–Crippen MR) is 128 cm³/mol. The van der Waals surface area contributed by atoms with Crippen LogP contribution in [0, 0.1) is 5.92 Å². The van der Waals surface area contributed by atoms with E-state index in [9.17, 15) is 19.5 Å². The summed E-state index contributed by atoms with van der Waals surface area (Å²) in [7, 11) is 0. The number of likely N-dealkylation sites (tertiary alicyclic amines) is 1. The van der Waals surface area contributed by atoms with E-state index in [-0.39, 0.29) is 25.0 Å². The molecule has 1 aromatic rings. The molecule has 0 radical (unpaired) electrons. The van der Waals surface area contributed by atoms with E-state index in [4.69, 9.17) is 14.5 Å². The van der Waals surface area contributed by atoms with Gasteiger partial charge in [0.2, 0.25) is 5.91 Å². The highest BCUT2D eigenvalue weighted by molar-refractivity contribution is 5.80. The highest BCUT2D eigenvalue weighted by atomic mass is 16.6. The molecule has 0 bridgehead atoms. The van der Waals surface area contributed by atoms with Crippen LogP contribution in [0.5, 0.6) is 0 Å². The topological polar surface area (TPSA) is 130 Å². The van der Waals surface area contributed by atoms with Crippen molar-refractivity contribution in [3.63, 3.8) is 0 Å². The second-order valence-corrected chi connectivity index (χ2v) is 10.2. The first-order chi connectivity index (χ1) is 16.7. The number of carboxylic acid groups (broad SMARTS) is 1. The Labute approximate surface area is 205 Å². The number of ether oxygens (including phenoxy) is 2. The minimum Gasteiger partial charge on any atom is -0.480 e. The largest absolute Gasteiger partial charge is 0.480 e. The molecule has 4 rings (SSSR count). The van der Waals surface area contributed by atoms with Crippen molar-refractivity contribution in [3.8, 4) is 0 Å². The van der Waals surface area contributed by atoms with Crippen LogP contribution in [0.1, 0.15) is 57.2 Å². The summed E-state index contributed by atoms with van der Waals surface area (Å²) in [5.41, 5.74) is 1.63. The quantitative estimate of drug-likeness (QED) is 0.458.